The van der Waals surface area contributed by atoms with Crippen molar-refractivity contribution in [1.82, 2.24) is 0 Å². The maximum atomic E-state index is 11.3. The average molecular weight is 236 g/mol. The van der Waals surface area contributed by atoms with Gasteiger partial charge in [-0.05, 0) is 18.6 Å². The van der Waals surface area contributed by atoms with Crippen LogP contribution in [-0.2, 0) is 4.79 Å². The lowest BCUT2D eigenvalue weighted by Gasteiger charge is -2.27. The number of benzene rings is 1. The number of anilines is 1. The van der Waals surface area contributed by atoms with E-state index in [4.69, 9.17) is 10.8 Å². The summed E-state index contributed by atoms with van der Waals surface area (Å²) in [6, 6.07) is 6.04. The molecule has 0 saturated heterocycles. The third kappa shape index (κ3) is 2.75. The number of para-hydroxylation sites is 1. The standard InChI is InChI=1S/C12H16N2O3/c1-3-9(12(16)17)14(2)10-7-5-4-6-8(10)11(13)15/h4-7,9H,3H2,1-2H3,(H2,13,15)(H,16,17). The molecule has 0 bridgehead atoms. The highest BCUT2D eigenvalue weighted by atomic mass is 16.4. The van der Waals surface area contributed by atoms with E-state index in [1.54, 1.807) is 43.1 Å². The number of likely N-dealkylation sites (N-methyl/N-ethyl adjacent to an activating group) is 1. The van der Waals surface area contributed by atoms with E-state index in [0.29, 0.717) is 17.7 Å². The molecule has 0 saturated carbocycles. The van der Waals surface area contributed by atoms with Crippen molar-refractivity contribution in [2.45, 2.75) is 19.4 Å². The molecule has 0 radical (unpaired) electrons. The Hall–Kier alpha value is -2.04. The van der Waals surface area contributed by atoms with Crippen molar-refractivity contribution in [2.75, 3.05) is 11.9 Å². The van der Waals surface area contributed by atoms with Crippen LogP contribution in [0.3, 0.4) is 0 Å². The number of carboxylic acid groups (broad SMARTS) is 1. The molecule has 0 aliphatic rings. The van der Waals surface area contributed by atoms with E-state index in [0.717, 1.165) is 0 Å². The van der Waals surface area contributed by atoms with Gasteiger partial charge in [0.15, 0.2) is 0 Å². The van der Waals surface area contributed by atoms with Gasteiger partial charge in [0, 0.05) is 12.7 Å². The zero-order valence-corrected chi connectivity index (χ0v) is 9.88. The van der Waals surface area contributed by atoms with E-state index in [1.165, 1.54) is 0 Å². The van der Waals surface area contributed by atoms with Crippen LogP contribution in [0.1, 0.15) is 23.7 Å². The number of nitrogens with two attached hydrogens (primary N) is 1. The van der Waals surface area contributed by atoms with Gasteiger partial charge < -0.3 is 15.7 Å². The molecule has 1 unspecified atom stereocenters. The minimum Gasteiger partial charge on any atom is -0.480 e. The van der Waals surface area contributed by atoms with Crippen molar-refractivity contribution >= 4 is 17.6 Å². The molecule has 92 valence electrons. The van der Waals surface area contributed by atoms with Crippen LogP contribution >= 0.6 is 0 Å². The van der Waals surface area contributed by atoms with Crippen LogP contribution in [0.2, 0.25) is 0 Å². The van der Waals surface area contributed by atoms with Crippen molar-refractivity contribution in [2.24, 2.45) is 5.73 Å². The van der Waals surface area contributed by atoms with Crippen molar-refractivity contribution in [1.29, 1.82) is 0 Å². The second kappa shape index (κ2) is 5.34. The summed E-state index contributed by atoms with van der Waals surface area (Å²) in [5.74, 6) is -1.48. The van der Waals surface area contributed by atoms with Gasteiger partial charge in [-0.15, -0.1) is 0 Å². The molecule has 1 atom stereocenters. The van der Waals surface area contributed by atoms with Crippen LogP contribution in [0.15, 0.2) is 24.3 Å². The minimum atomic E-state index is -0.922. The number of carbonyl (C=O) groups excluding carboxylic acids is 1. The lowest BCUT2D eigenvalue weighted by Crippen LogP contribution is -2.39. The number of carbonyl (C=O) groups is 2. The predicted molar refractivity (Wildman–Crippen MR) is 65.1 cm³/mol. The summed E-state index contributed by atoms with van der Waals surface area (Å²) < 4.78 is 0. The molecule has 0 aliphatic carbocycles. The highest BCUT2D eigenvalue weighted by Crippen LogP contribution is 2.21. The number of hydrogen-bond acceptors (Lipinski definition) is 3. The lowest BCUT2D eigenvalue weighted by molar-refractivity contribution is -0.138. The smallest absolute Gasteiger partial charge is 0.326 e. The van der Waals surface area contributed by atoms with Gasteiger partial charge in [-0.1, -0.05) is 19.1 Å². The number of hydrogen-bond donors (Lipinski definition) is 2. The van der Waals surface area contributed by atoms with Gasteiger partial charge in [0.25, 0.3) is 5.91 Å². The van der Waals surface area contributed by atoms with Gasteiger partial charge in [-0.25, -0.2) is 4.79 Å². The van der Waals surface area contributed by atoms with Gasteiger partial charge in [-0.2, -0.15) is 0 Å². The molecule has 0 heterocycles. The summed E-state index contributed by atoms with van der Waals surface area (Å²) in [6.45, 7) is 1.78. The summed E-state index contributed by atoms with van der Waals surface area (Å²) >= 11 is 0. The Morgan fingerprint density at radius 2 is 2.00 bits per heavy atom. The summed E-state index contributed by atoms with van der Waals surface area (Å²) in [4.78, 5) is 23.9. The zero-order valence-electron chi connectivity index (χ0n) is 9.88. The topological polar surface area (TPSA) is 83.6 Å². The van der Waals surface area contributed by atoms with Gasteiger partial charge in [0.05, 0.1) is 5.56 Å². The van der Waals surface area contributed by atoms with Crippen molar-refractivity contribution in [3.05, 3.63) is 29.8 Å². The molecule has 17 heavy (non-hydrogen) atoms. The van der Waals surface area contributed by atoms with E-state index in [9.17, 15) is 9.59 Å². The number of carboxylic acids is 1. The number of rotatable bonds is 5. The summed E-state index contributed by atoms with van der Waals surface area (Å²) in [6.07, 6.45) is 0.443. The first-order chi connectivity index (χ1) is 7.99. The molecule has 0 fully saturated rings. The van der Waals surface area contributed by atoms with Gasteiger partial charge >= 0.3 is 5.97 Å². The molecular weight excluding hydrogens is 220 g/mol. The monoisotopic (exact) mass is 236 g/mol. The maximum Gasteiger partial charge on any atom is 0.326 e. The first kappa shape index (κ1) is 13.0. The van der Waals surface area contributed by atoms with Crippen LogP contribution in [0.5, 0.6) is 0 Å². The van der Waals surface area contributed by atoms with Crippen LogP contribution in [0.25, 0.3) is 0 Å². The van der Waals surface area contributed by atoms with Crippen LogP contribution in [-0.4, -0.2) is 30.1 Å². The summed E-state index contributed by atoms with van der Waals surface area (Å²) in [5, 5.41) is 9.08. The van der Waals surface area contributed by atoms with Crippen molar-refractivity contribution < 1.29 is 14.7 Å². The number of primary amides is 1. The van der Waals surface area contributed by atoms with Crippen molar-refractivity contribution in [3.63, 3.8) is 0 Å². The van der Waals surface area contributed by atoms with E-state index in [1.807, 2.05) is 0 Å². The molecule has 0 aromatic heterocycles. The minimum absolute atomic E-state index is 0.328. The Morgan fingerprint density at radius 3 is 2.47 bits per heavy atom. The molecule has 0 aliphatic heterocycles. The summed E-state index contributed by atoms with van der Waals surface area (Å²) in [5.41, 5.74) is 6.12. The number of nitrogens with zero attached hydrogens (tertiary/aromatic N) is 1. The fourth-order valence-electron chi connectivity index (χ4n) is 1.77. The lowest BCUT2D eigenvalue weighted by atomic mass is 10.1. The zero-order chi connectivity index (χ0) is 13.0. The Bertz CT molecular complexity index is 432. The SMILES string of the molecule is CCC(C(=O)O)N(C)c1ccccc1C(N)=O. The Balaban J connectivity index is 3.15. The molecule has 1 aromatic rings. The molecular formula is C12H16N2O3. The molecule has 5 nitrogen and oxygen atoms in total. The fourth-order valence-corrected chi connectivity index (χ4v) is 1.77. The fraction of sp³-hybridized carbons (Fsp3) is 0.333. The number of aliphatic carboxylic acids is 1. The highest BCUT2D eigenvalue weighted by molar-refractivity contribution is 5.99. The largest absolute Gasteiger partial charge is 0.480 e. The second-order valence-corrected chi connectivity index (χ2v) is 3.75. The number of amides is 1. The van der Waals surface area contributed by atoms with Crippen LogP contribution in [0, 0.1) is 0 Å². The van der Waals surface area contributed by atoms with E-state index >= 15 is 0 Å². The molecule has 0 spiro atoms. The molecule has 3 N–H and O–H groups in total. The van der Waals surface area contributed by atoms with Gasteiger partial charge in [0.1, 0.15) is 6.04 Å². The normalized spacial score (nSPS) is 11.9. The highest BCUT2D eigenvalue weighted by Gasteiger charge is 2.23. The Labute approximate surface area is 99.8 Å². The third-order valence-corrected chi connectivity index (χ3v) is 2.69. The third-order valence-electron chi connectivity index (χ3n) is 2.69. The molecule has 1 aromatic carbocycles. The van der Waals surface area contributed by atoms with Crippen LogP contribution < -0.4 is 10.6 Å². The van der Waals surface area contributed by atoms with E-state index < -0.39 is 17.9 Å². The molecule has 1 amide bonds. The van der Waals surface area contributed by atoms with Crippen LogP contribution in [0.4, 0.5) is 5.69 Å². The Kier molecular flexibility index (Phi) is 4.09. The predicted octanol–water partition coefficient (Wildman–Crippen LogP) is 1.08. The molecule has 1 rings (SSSR count). The maximum absolute atomic E-state index is 11.3. The first-order valence-corrected chi connectivity index (χ1v) is 5.33. The quantitative estimate of drug-likeness (QED) is 0.801. The molecule has 5 heteroatoms. The van der Waals surface area contributed by atoms with Crippen molar-refractivity contribution in [3.8, 4) is 0 Å². The van der Waals surface area contributed by atoms with Gasteiger partial charge in [-0.3, -0.25) is 4.79 Å². The van der Waals surface area contributed by atoms with E-state index in [-0.39, 0.29) is 0 Å². The Morgan fingerprint density at radius 1 is 1.41 bits per heavy atom. The second-order valence-electron chi connectivity index (χ2n) is 3.75. The average Bonchev–Trinajstić information content (AvgIpc) is 2.29. The van der Waals surface area contributed by atoms with E-state index in [2.05, 4.69) is 0 Å². The van der Waals surface area contributed by atoms with Gasteiger partial charge in [0.2, 0.25) is 0 Å². The first-order valence-electron chi connectivity index (χ1n) is 5.33. The summed E-state index contributed by atoms with van der Waals surface area (Å²) in [7, 11) is 1.64.